The second kappa shape index (κ2) is 5.68. The molecule has 0 spiro atoms. The Hall–Kier alpha value is -2.45. The number of carboxylic acids is 1. The molecule has 0 atom stereocenters. The summed E-state index contributed by atoms with van der Waals surface area (Å²) in [7, 11) is 0. The number of furan rings is 1. The molecule has 6 heteroatoms. The van der Waals surface area contributed by atoms with E-state index in [0.29, 0.717) is 27.7 Å². The van der Waals surface area contributed by atoms with E-state index in [9.17, 15) is 4.79 Å². The van der Waals surface area contributed by atoms with E-state index in [1.54, 1.807) is 19.1 Å². The molecule has 0 saturated heterocycles. The zero-order valence-electron chi connectivity index (χ0n) is 10.5. The molecular formula is C14H10ClNO4. The minimum Gasteiger partial charge on any atom is -0.489 e. The highest BCUT2D eigenvalue weighted by atomic mass is 35.5. The van der Waals surface area contributed by atoms with Gasteiger partial charge in [0.2, 0.25) is 5.76 Å². The van der Waals surface area contributed by atoms with Crippen molar-refractivity contribution in [3.63, 3.8) is 0 Å². The Labute approximate surface area is 120 Å². The molecule has 0 aliphatic rings. The molecule has 0 bridgehead atoms. The van der Waals surface area contributed by atoms with Gasteiger partial charge in [0.1, 0.15) is 24.2 Å². The van der Waals surface area contributed by atoms with E-state index in [1.807, 2.05) is 6.07 Å². The van der Waals surface area contributed by atoms with Crippen molar-refractivity contribution < 1.29 is 19.1 Å². The van der Waals surface area contributed by atoms with Crippen molar-refractivity contribution in [2.45, 2.75) is 13.5 Å². The first-order valence-electron chi connectivity index (χ1n) is 5.66. The van der Waals surface area contributed by atoms with Gasteiger partial charge in [0.15, 0.2) is 0 Å². The molecule has 2 aromatic rings. The highest BCUT2D eigenvalue weighted by Crippen LogP contribution is 2.23. The van der Waals surface area contributed by atoms with Crippen molar-refractivity contribution in [1.29, 1.82) is 5.26 Å². The zero-order chi connectivity index (χ0) is 14.7. The number of aryl methyl sites for hydroxylation is 1. The number of rotatable bonds is 4. The fourth-order valence-corrected chi connectivity index (χ4v) is 1.82. The Balaban J connectivity index is 2.11. The van der Waals surface area contributed by atoms with Gasteiger partial charge in [0, 0.05) is 11.6 Å². The van der Waals surface area contributed by atoms with Gasteiger partial charge >= 0.3 is 5.97 Å². The Morgan fingerprint density at radius 3 is 2.80 bits per heavy atom. The number of ether oxygens (including phenoxy) is 1. The average Bonchev–Trinajstić information content (AvgIpc) is 2.78. The number of nitrogens with zero attached hydrogens (tertiary/aromatic N) is 1. The fraction of sp³-hybridized carbons (Fsp3) is 0.143. The molecule has 5 nitrogen and oxygen atoms in total. The molecule has 0 fully saturated rings. The highest BCUT2D eigenvalue weighted by molar-refractivity contribution is 6.31. The number of hydrogen-bond acceptors (Lipinski definition) is 4. The van der Waals surface area contributed by atoms with Crippen molar-refractivity contribution >= 4 is 17.6 Å². The minimum absolute atomic E-state index is 0.126. The molecule has 2 rings (SSSR count). The molecule has 0 aliphatic carbocycles. The van der Waals surface area contributed by atoms with Gasteiger partial charge in [-0.25, -0.2) is 4.79 Å². The van der Waals surface area contributed by atoms with Crippen LogP contribution in [0.4, 0.5) is 0 Å². The van der Waals surface area contributed by atoms with Gasteiger partial charge in [-0.2, -0.15) is 5.26 Å². The summed E-state index contributed by atoms with van der Waals surface area (Å²) in [6.07, 6.45) is 0. The molecule has 1 aromatic carbocycles. The van der Waals surface area contributed by atoms with E-state index in [4.69, 9.17) is 31.1 Å². The summed E-state index contributed by atoms with van der Waals surface area (Å²) >= 11 is 5.89. The van der Waals surface area contributed by atoms with Crippen molar-refractivity contribution in [3.05, 3.63) is 51.9 Å². The SMILES string of the molecule is Cc1oc(C(=O)O)cc1COc1ccc(C#N)c(Cl)c1. The number of halogens is 1. The molecule has 0 unspecified atom stereocenters. The molecule has 20 heavy (non-hydrogen) atoms. The lowest BCUT2D eigenvalue weighted by atomic mass is 10.2. The number of benzene rings is 1. The second-order valence-electron chi connectivity index (χ2n) is 4.04. The van der Waals surface area contributed by atoms with E-state index in [2.05, 4.69) is 0 Å². The highest BCUT2D eigenvalue weighted by Gasteiger charge is 2.13. The molecule has 0 saturated carbocycles. The number of aromatic carboxylic acids is 1. The van der Waals surface area contributed by atoms with Crippen LogP contribution in [0, 0.1) is 18.3 Å². The Morgan fingerprint density at radius 2 is 2.25 bits per heavy atom. The van der Waals surface area contributed by atoms with Crippen LogP contribution in [0.1, 0.15) is 27.4 Å². The van der Waals surface area contributed by atoms with Gasteiger partial charge in [0.25, 0.3) is 0 Å². The predicted molar refractivity (Wildman–Crippen MR) is 70.9 cm³/mol. The number of carboxylic acid groups (broad SMARTS) is 1. The molecule has 102 valence electrons. The lowest BCUT2D eigenvalue weighted by Gasteiger charge is -2.06. The third kappa shape index (κ3) is 2.92. The fourth-order valence-electron chi connectivity index (χ4n) is 1.61. The molecule has 0 radical (unpaired) electrons. The molecule has 0 amide bonds. The molecule has 0 aliphatic heterocycles. The minimum atomic E-state index is -1.12. The Kier molecular flexibility index (Phi) is 3.97. The summed E-state index contributed by atoms with van der Waals surface area (Å²) < 4.78 is 10.6. The quantitative estimate of drug-likeness (QED) is 0.933. The van der Waals surface area contributed by atoms with Crippen LogP contribution < -0.4 is 4.74 Å². The van der Waals surface area contributed by atoms with Crippen LogP contribution in [0.5, 0.6) is 5.75 Å². The third-order valence-electron chi connectivity index (χ3n) is 2.69. The van der Waals surface area contributed by atoms with Gasteiger partial charge < -0.3 is 14.3 Å². The standard InChI is InChI=1S/C14H10ClNO4/c1-8-10(4-13(20-8)14(17)18)7-19-11-3-2-9(6-16)12(15)5-11/h2-5H,7H2,1H3,(H,17,18). The summed E-state index contributed by atoms with van der Waals surface area (Å²) in [6.45, 7) is 1.82. The van der Waals surface area contributed by atoms with Crippen LogP contribution in [0.2, 0.25) is 5.02 Å². The van der Waals surface area contributed by atoms with E-state index in [-0.39, 0.29) is 12.4 Å². The second-order valence-corrected chi connectivity index (χ2v) is 4.45. The van der Waals surface area contributed by atoms with Crippen LogP contribution in [-0.4, -0.2) is 11.1 Å². The van der Waals surface area contributed by atoms with E-state index >= 15 is 0 Å². The van der Waals surface area contributed by atoms with E-state index in [1.165, 1.54) is 12.1 Å². The summed E-state index contributed by atoms with van der Waals surface area (Å²) in [5.41, 5.74) is 1.01. The maximum atomic E-state index is 10.8. The number of nitriles is 1. The topological polar surface area (TPSA) is 83.5 Å². The van der Waals surface area contributed by atoms with Crippen molar-refractivity contribution in [3.8, 4) is 11.8 Å². The third-order valence-corrected chi connectivity index (χ3v) is 3.00. The first-order valence-corrected chi connectivity index (χ1v) is 6.04. The Bertz CT molecular complexity index is 700. The smallest absolute Gasteiger partial charge is 0.371 e. The van der Waals surface area contributed by atoms with Crippen LogP contribution in [0.25, 0.3) is 0 Å². The zero-order valence-corrected chi connectivity index (χ0v) is 11.3. The maximum Gasteiger partial charge on any atom is 0.371 e. The predicted octanol–water partition coefficient (Wildman–Crippen LogP) is 3.39. The molecular weight excluding hydrogens is 282 g/mol. The number of hydrogen-bond donors (Lipinski definition) is 1. The Morgan fingerprint density at radius 1 is 1.50 bits per heavy atom. The van der Waals surface area contributed by atoms with Crippen LogP contribution in [0.3, 0.4) is 0 Å². The van der Waals surface area contributed by atoms with Gasteiger partial charge in [-0.1, -0.05) is 11.6 Å². The lowest BCUT2D eigenvalue weighted by molar-refractivity contribution is 0.0661. The maximum absolute atomic E-state index is 10.8. The van der Waals surface area contributed by atoms with Crippen LogP contribution >= 0.6 is 11.6 Å². The van der Waals surface area contributed by atoms with Gasteiger partial charge in [-0.3, -0.25) is 0 Å². The normalized spacial score (nSPS) is 10.1. The largest absolute Gasteiger partial charge is 0.489 e. The van der Waals surface area contributed by atoms with Crippen molar-refractivity contribution in [2.75, 3.05) is 0 Å². The number of carbonyl (C=O) groups is 1. The van der Waals surface area contributed by atoms with Crippen LogP contribution in [-0.2, 0) is 6.61 Å². The van der Waals surface area contributed by atoms with E-state index < -0.39 is 5.97 Å². The average molecular weight is 292 g/mol. The summed E-state index contributed by atoms with van der Waals surface area (Å²) in [5.74, 6) is -0.270. The molecule has 1 heterocycles. The van der Waals surface area contributed by atoms with E-state index in [0.717, 1.165) is 0 Å². The first kappa shape index (κ1) is 14.0. The first-order chi connectivity index (χ1) is 9.51. The molecule has 1 aromatic heterocycles. The van der Waals surface area contributed by atoms with Gasteiger partial charge in [-0.15, -0.1) is 0 Å². The van der Waals surface area contributed by atoms with Crippen molar-refractivity contribution in [2.24, 2.45) is 0 Å². The summed E-state index contributed by atoms with van der Waals surface area (Å²) in [6, 6.07) is 8.09. The lowest BCUT2D eigenvalue weighted by Crippen LogP contribution is -1.96. The monoisotopic (exact) mass is 291 g/mol. The van der Waals surface area contributed by atoms with Crippen LogP contribution in [0.15, 0.2) is 28.7 Å². The molecule has 1 N–H and O–H groups in total. The van der Waals surface area contributed by atoms with Gasteiger partial charge in [0.05, 0.1) is 10.6 Å². The summed E-state index contributed by atoms with van der Waals surface area (Å²) in [4.78, 5) is 10.8. The van der Waals surface area contributed by atoms with Gasteiger partial charge in [-0.05, 0) is 25.1 Å². The summed E-state index contributed by atoms with van der Waals surface area (Å²) in [5, 5.41) is 17.9. The van der Waals surface area contributed by atoms with Crippen molar-refractivity contribution in [1.82, 2.24) is 0 Å².